The molecule has 2 heterocycles. The maximum atomic E-state index is 12.4. The summed E-state index contributed by atoms with van der Waals surface area (Å²) in [6.45, 7) is 13.5. The average molecular weight is 898 g/mol. The van der Waals surface area contributed by atoms with Crippen LogP contribution >= 0.6 is 0 Å². The van der Waals surface area contributed by atoms with Gasteiger partial charge in [-0.25, -0.2) is 4.98 Å². The van der Waals surface area contributed by atoms with E-state index in [0.29, 0.717) is 56.1 Å². The molecule has 4 nitrogen and oxygen atoms in total. The first-order valence-electron chi connectivity index (χ1n) is 29.0. The van der Waals surface area contributed by atoms with Crippen molar-refractivity contribution in [3.63, 3.8) is 0 Å². The van der Waals surface area contributed by atoms with Crippen LogP contribution in [0.3, 0.4) is 0 Å². The molecule has 344 valence electrons. The van der Waals surface area contributed by atoms with Gasteiger partial charge in [-0.05, 0) is 144 Å². The van der Waals surface area contributed by atoms with Crippen molar-refractivity contribution in [2.24, 2.45) is 0 Å². The van der Waals surface area contributed by atoms with Crippen LogP contribution in [0, 0.1) is 0 Å². The van der Waals surface area contributed by atoms with E-state index < -0.39 is 43.7 Å². The summed E-state index contributed by atoms with van der Waals surface area (Å²) in [6.07, 6.45) is 1.65. The van der Waals surface area contributed by atoms with Gasteiger partial charge in [0.2, 0.25) is 0 Å². The molecule has 4 heteroatoms. The number of fused-ring (bicyclic) bond motifs is 1. The average Bonchev–Trinajstić information content (AvgIpc) is 3.33. The quantitative estimate of drug-likeness (QED) is 0.157. The van der Waals surface area contributed by atoms with E-state index in [2.05, 4.69) is 71.9 Å². The van der Waals surface area contributed by atoms with Crippen LogP contribution in [-0.4, -0.2) is 19.6 Å². The lowest BCUT2D eigenvalue weighted by molar-refractivity contribution is 0.466. The highest BCUT2D eigenvalue weighted by molar-refractivity contribution is 5.97. The minimum atomic E-state index is -3.39. The third-order valence-corrected chi connectivity index (χ3v) is 12.8. The Kier molecular flexibility index (Phi) is 9.04. The first-order valence-corrected chi connectivity index (χ1v) is 23.0. The molecule has 6 aromatic carbocycles. The highest BCUT2D eigenvalue weighted by atomic mass is 16.3. The van der Waals surface area contributed by atoms with Gasteiger partial charge in [0.05, 0.1) is 22.3 Å². The maximum absolute atomic E-state index is 12.4. The molecular formula is C63H71N3O. The molecule has 0 atom stereocenters. The second-order valence-corrected chi connectivity index (χ2v) is 20.7. The smallest absolute Gasteiger partial charge is 0.149 e. The van der Waals surface area contributed by atoms with Crippen LogP contribution in [0.2, 0.25) is 0 Å². The lowest BCUT2D eigenvalue weighted by Gasteiger charge is -2.25. The van der Waals surface area contributed by atoms with E-state index in [1.165, 1.54) is 24.3 Å². The lowest BCUT2D eigenvalue weighted by Crippen LogP contribution is -2.13. The number of aromatic hydroxyl groups is 1. The molecule has 8 aromatic rings. The topological polar surface area (TPSA) is 50.9 Å². The van der Waals surface area contributed by atoms with Gasteiger partial charge < -0.3 is 5.11 Å². The predicted octanol–water partition coefficient (Wildman–Crippen LogP) is 17.7. The van der Waals surface area contributed by atoms with Crippen molar-refractivity contribution >= 4 is 11.0 Å². The van der Waals surface area contributed by atoms with E-state index >= 15 is 0 Å². The number of para-hydroxylation sites is 1. The summed E-state index contributed by atoms with van der Waals surface area (Å²) in [5.74, 6) is -3.17. The second kappa shape index (κ2) is 17.8. The van der Waals surface area contributed by atoms with Crippen molar-refractivity contribution in [1.82, 2.24) is 14.5 Å². The Morgan fingerprint density at radius 1 is 0.537 bits per heavy atom. The number of imidazole rings is 1. The van der Waals surface area contributed by atoms with Crippen LogP contribution in [0.25, 0.3) is 72.7 Å². The third-order valence-electron chi connectivity index (χ3n) is 12.8. The van der Waals surface area contributed by atoms with Gasteiger partial charge >= 0.3 is 0 Å². The first kappa shape index (κ1) is 34.1. The van der Waals surface area contributed by atoms with Gasteiger partial charge in [-0.3, -0.25) is 9.55 Å². The fourth-order valence-electron chi connectivity index (χ4n) is 8.99. The van der Waals surface area contributed by atoms with Crippen LogP contribution in [0.15, 0.2) is 134 Å². The highest BCUT2D eigenvalue weighted by Crippen LogP contribution is 2.45. The maximum Gasteiger partial charge on any atom is 0.149 e. The standard InChI is InChI=1S/C63H71N3O/c1-38(2)43-34-53(40(5)6)59(67)54(35-43)60-65-58-49(20-18-22-57(58)66(60)48-27-28-50(52(37-48)39(3)4)51-19-16-17-21-55(51)63(13,14)15)44-31-45(33-47(32-44)62(10,11)12)56-36-42(29-30-64-56)41-23-25-46(26-24-41)61(7,8)9/h16-40,67H,1-15H3/i7D3,8D3,9D3,38D,39D,40D. The number of rotatable bonds is 9. The molecule has 1 N–H and O–H groups in total. The van der Waals surface area contributed by atoms with Crippen molar-refractivity contribution in [2.45, 2.75) is 138 Å². The van der Waals surface area contributed by atoms with E-state index in [-0.39, 0.29) is 22.1 Å². The zero-order valence-corrected chi connectivity index (χ0v) is 41.0. The normalized spacial score (nSPS) is 16.2. The van der Waals surface area contributed by atoms with Gasteiger partial charge in [-0.2, -0.15) is 0 Å². The summed E-state index contributed by atoms with van der Waals surface area (Å²) in [5, 5.41) is 12.4. The van der Waals surface area contributed by atoms with Crippen LogP contribution in [-0.2, 0) is 16.2 Å². The van der Waals surface area contributed by atoms with Gasteiger partial charge in [0.1, 0.15) is 11.6 Å². The fourth-order valence-corrected chi connectivity index (χ4v) is 8.99. The molecule has 8 rings (SSSR count). The van der Waals surface area contributed by atoms with E-state index in [4.69, 9.17) is 22.3 Å². The van der Waals surface area contributed by atoms with Crippen molar-refractivity contribution < 1.29 is 21.6 Å². The van der Waals surface area contributed by atoms with Crippen LogP contribution in [0.1, 0.15) is 171 Å². The van der Waals surface area contributed by atoms with Gasteiger partial charge in [0.15, 0.2) is 0 Å². The van der Waals surface area contributed by atoms with Gasteiger partial charge in [0.25, 0.3) is 0 Å². The highest BCUT2D eigenvalue weighted by Gasteiger charge is 2.27. The monoisotopic (exact) mass is 898 g/mol. The van der Waals surface area contributed by atoms with Gasteiger partial charge in [-0.1, -0.05) is 183 Å². The molecule has 0 radical (unpaired) electrons. The first-order chi connectivity index (χ1) is 36.2. The third kappa shape index (κ3) is 9.38. The Balaban J connectivity index is 1.38. The fraction of sp³-hybridized carbons (Fsp3) is 0.333. The largest absolute Gasteiger partial charge is 0.507 e. The van der Waals surface area contributed by atoms with Crippen molar-refractivity contribution in [3.05, 3.63) is 167 Å². The zero-order valence-electron chi connectivity index (χ0n) is 53.0. The second-order valence-electron chi connectivity index (χ2n) is 20.7. The Bertz CT molecular complexity index is 3570. The SMILES string of the molecule is [2H]C(C)(C)c1cc(-c2nc3c(-c4cc(-c5cc(-c6ccc(C(C([2H])([2H])[2H])(C([2H])([2H])[2H])C([2H])([2H])[2H])cc6)ccn5)cc(C(C)(C)C)c4)cccc3n2-c2ccc(-c3ccccc3C(C)(C)C)c(C([2H])(C)C)c2)c(O)c(C([2H])(C)C)c1. The lowest BCUT2D eigenvalue weighted by atomic mass is 9.80. The number of nitrogens with zero attached hydrogens (tertiary/aromatic N) is 3. The van der Waals surface area contributed by atoms with E-state index in [0.717, 1.165) is 44.5 Å². The number of hydrogen-bond donors (Lipinski definition) is 1. The van der Waals surface area contributed by atoms with Gasteiger partial charge in [-0.15, -0.1) is 0 Å². The molecule has 0 unspecified atom stereocenters. The molecule has 67 heavy (non-hydrogen) atoms. The Morgan fingerprint density at radius 2 is 1.22 bits per heavy atom. The summed E-state index contributed by atoms with van der Waals surface area (Å²) in [7, 11) is 0. The van der Waals surface area contributed by atoms with Crippen molar-refractivity contribution in [3.8, 4) is 67.5 Å². The van der Waals surface area contributed by atoms with Crippen LogP contribution < -0.4 is 0 Å². The molecule has 0 amide bonds. The molecule has 0 bridgehead atoms. The molecular weight excluding hydrogens is 815 g/mol. The van der Waals surface area contributed by atoms with Crippen LogP contribution in [0.4, 0.5) is 0 Å². The number of aromatic nitrogens is 3. The Morgan fingerprint density at radius 3 is 1.88 bits per heavy atom. The van der Waals surface area contributed by atoms with Crippen molar-refractivity contribution in [2.75, 3.05) is 0 Å². The van der Waals surface area contributed by atoms with Gasteiger partial charge in [0, 0.05) is 39.5 Å². The summed E-state index contributed by atoms with van der Waals surface area (Å²) in [4.78, 5) is 10.3. The Hall–Kier alpha value is -6.26. The molecule has 0 spiro atoms. The number of benzene rings is 6. The molecule has 0 aliphatic rings. The number of phenolic OH excluding ortho intramolecular Hbond substituents is 1. The minimum absolute atomic E-state index is 0.119. The van der Waals surface area contributed by atoms with E-state index in [1.54, 1.807) is 52.1 Å². The molecule has 0 saturated heterocycles. The summed E-state index contributed by atoms with van der Waals surface area (Å²) in [6, 6.07) is 39.5. The molecule has 0 aliphatic heterocycles. The molecule has 0 saturated carbocycles. The van der Waals surface area contributed by atoms with Crippen LogP contribution in [0.5, 0.6) is 5.75 Å². The van der Waals surface area contributed by atoms with Crippen molar-refractivity contribution in [1.29, 1.82) is 0 Å². The number of pyridine rings is 1. The van der Waals surface area contributed by atoms with E-state index in [1.807, 2.05) is 73.0 Å². The number of hydrogen-bond acceptors (Lipinski definition) is 3. The predicted molar refractivity (Wildman–Crippen MR) is 286 cm³/mol. The molecule has 2 aromatic heterocycles. The molecule has 0 fully saturated rings. The zero-order chi connectivity index (χ0) is 58.6. The molecule has 0 aliphatic carbocycles. The minimum Gasteiger partial charge on any atom is -0.507 e. The Labute approximate surface area is 418 Å². The summed E-state index contributed by atoms with van der Waals surface area (Å²) < 4.78 is 104. The summed E-state index contributed by atoms with van der Waals surface area (Å²) >= 11 is 0. The number of phenols is 1. The summed E-state index contributed by atoms with van der Waals surface area (Å²) in [5.41, 5.74) is 8.37. The van der Waals surface area contributed by atoms with E-state index in [9.17, 15) is 9.22 Å².